The molecular weight excluding hydrogens is 344 g/mol. The summed E-state index contributed by atoms with van der Waals surface area (Å²) in [5.41, 5.74) is 0. The largest absolute Gasteiger partial charge is 0.481 e. The second kappa shape index (κ2) is 14.5. The lowest BCUT2D eigenvalue weighted by molar-refractivity contribution is -0.142. The molecule has 0 aromatic rings. The molecule has 0 aromatic heterocycles. The van der Waals surface area contributed by atoms with Crippen LogP contribution in [0.2, 0.25) is 0 Å². The molecule has 150 valence electrons. The normalized spacial score (nSPS) is 19.7. The Hall–Kier alpha value is -1.71. The Morgan fingerprint density at radius 2 is 1.50 bits per heavy atom. The van der Waals surface area contributed by atoms with Crippen LogP contribution in [0.5, 0.6) is 0 Å². The van der Waals surface area contributed by atoms with Crippen molar-refractivity contribution in [3.05, 3.63) is 0 Å². The second-order valence-corrected chi connectivity index (χ2v) is 6.11. The van der Waals surface area contributed by atoms with Gasteiger partial charge in [0.05, 0.1) is 45.6 Å². The van der Waals surface area contributed by atoms with E-state index in [1.807, 2.05) is 0 Å². The third-order valence-corrected chi connectivity index (χ3v) is 4.13. The number of hydrogen-bond acceptors (Lipinski definition) is 6. The molecule has 0 bridgehead atoms. The maximum atomic E-state index is 11.8. The Morgan fingerprint density at radius 3 is 2.08 bits per heavy atom. The highest BCUT2D eigenvalue weighted by Gasteiger charge is 2.26. The summed E-state index contributed by atoms with van der Waals surface area (Å²) >= 11 is 0. The van der Waals surface area contributed by atoms with Gasteiger partial charge in [0, 0.05) is 19.0 Å². The zero-order chi connectivity index (χ0) is 19.0. The van der Waals surface area contributed by atoms with Crippen molar-refractivity contribution < 1.29 is 33.7 Å². The second-order valence-electron chi connectivity index (χ2n) is 6.11. The molecule has 1 rings (SSSR count). The van der Waals surface area contributed by atoms with Gasteiger partial charge in [0.2, 0.25) is 12.3 Å². The summed E-state index contributed by atoms with van der Waals surface area (Å²) in [5.74, 6) is -1.08. The molecule has 1 aliphatic rings. The molecule has 1 aliphatic carbocycles. The first-order chi connectivity index (χ1) is 12.6. The zero-order valence-corrected chi connectivity index (χ0v) is 15.1. The Balaban J connectivity index is 1.87. The van der Waals surface area contributed by atoms with Crippen LogP contribution in [0.4, 0.5) is 0 Å². The monoisotopic (exact) mass is 374 g/mol. The van der Waals surface area contributed by atoms with Crippen LogP contribution in [-0.4, -0.2) is 75.6 Å². The van der Waals surface area contributed by atoms with Gasteiger partial charge in [-0.1, -0.05) is 0 Å². The van der Waals surface area contributed by atoms with Gasteiger partial charge in [-0.3, -0.25) is 14.4 Å². The first kappa shape index (κ1) is 22.3. The minimum Gasteiger partial charge on any atom is -0.481 e. The Bertz CT molecular complexity index is 412. The number of carbonyl (C=O) groups excluding carboxylic acids is 2. The van der Waals surface area contributed by atoms with Gasteiger partial charge in [-0.2, -0.15) is 0 Å². The fraction of sp³-hybridized carbons (Fsp3) is 0.824. The number of rotatable bonds is 15. The van der Waals surface area contributed by atoms with Gasteiger partial charge >= 0.3 is 5.97 Å². The third kappa shape index (κ3) is 11.0. The Labute approximate surface area is 153 Å². The molecule has 0 aliphatic heterocycles. The van der Waals surface area contributed by atoms with E-state index in [1.54, 1.807) is 0 Å². The SMILES string of the molecule is O=CNCCOCCOCCOCCC(=O)NC1CCC(C(=O)O)CC1. The fourth-order valence-electron chi connectivity index (χ4n) is 2.68. The molecule has 0 heterocycles. The van der Waals surface area contributed by atoms with Crippen LogP contribution in [0.25, 0.3) is 0 Å². The van der Waals surface area contributed by atoms with Gasteiger partial charge in [-0.15, -0.1) is 0 Å². The molecule has 1 saturated carbocycles. The number of carbonyl (C=O) groups is 3. The lowest BCUT2D eigenvalue weighted by Crippen LogP contribution is -2.39. The van der Waals surface area contributed by atoms with E-state index in [4.69, 9.17) is 19.3 Å². The number of ether oxygens (including phenoxy) is 3. The molecule has 0 aromatic carbocycles. The molecule has 1 fully saturated rings. The lowest BCUT2D eigenvalue weighted by Gasteiger charge is -2.26. The van der Waals surface area contributed by atoms with E-state index in [0.717, 1.165) is 0 Å². The molecule has 0 saturated heterocycles. The van der Waals surface area contributed by atoms with Gasteiger partial charge in [0.25, 0.3) is 0 Å². The molecule has 26 heavy (non-hydrogen) atoms. The van der Waals surface area contributed by atoms with Crippen LogP contribution in [0, 0.1) is 5.92 Å². The molecule has 0 unspecified atom stereocenters. The summed E-state index contributed by atoms with van der Waals surface area (Å²) in [7, 11) is 0. The first-order valence-corrected chi connectivity index (χ1v) is 9.06. The minimum atomic E-state index is -0.744. The van der Waals surface area contributed by atoms with Crippen molar-refractivity contribution in [3.8, 4) is 0 Å². The van der Waals surface area contributed by atoms with E-state index in [0.29, 0.717) is 78.3 Å². The fourth-order valence-corrected chi connectivity index (χ4v) is 2.68. The highest BCUT2D eigenvalue weighted by atomic mass is 16.5. The van der Waals surface area contributed by atoms with Gasteiger partial charge in [0.15, 0.2) is 0 Å². The van der Waals surface area contributed by atoms with Crippen LogP contribution in [0.1, 0.15) is 32.1 Å². The van der Waals surface area contributed by atoms with Crippen molar-refractivity contribution >= 4 is 18.3 Å². The third-order valence-electron chi connectivity index (χ3n) is 4.13. The average molecular weight is 374 g/mol. The lowest BCUT2D eigenvalue weighted by atomic mass is 9.86. The van der Waals surface area contributed by atoms with Crippen LogP contribution >= 0.6 is 0 Å². The maximum absolute atomic E-state index is 11.8. The average Bonchev–Trinajstić information content (AvgIpc) is 2.63. The predicted octanol–water partition coefficient (Wildman–Crippen LogP) is -0.0681. The van der Waals surface area contributed by atoms with Crippen molar-refractivity contribution in [1.82, 2.24) is 10.6 Å². The summed E-state index contributed by atoms with van der Waals surface area (Å²) < 4.78 is 15.9. The van der Waals surface area contributed by atoms with Crippen molar-refractivity contribution in [2.45, 2.75) is 38.1 Å². The van der Waals surface area contributed by atoms with Crippen molar-refractivity contribution in [2.75, 3.05) is 46.2 Å². The number of carboxylic acids is 1. The van der Waals surface area contributed by atoms with E-state index in [2.05, 4.69) is 10.6 Å². The topological polar surface area (TPSA) is 123 Å². The van der Waals surface area contributed by atoms with Crippen molar-refractivity contribution in [1.29, 1.82) is 0 Å². The molecule has 2 amide bonds. The molecule has 0 spiro atoms. The standard InChI is InChI=1S/C17H30N2O7/c20-13-18-6-8-25-10-12-26-11-9-24-7-5-16(21)19-15-3-1-14(2-4-15)17(22)23/h13-15H,1-12H2,(H,18,20)(H,19,21)(H,22,23). The quantitative estimate of drug-likeness (QED) is 0.271. The van der Waals surface area contributed by atoms with Crippen LogP contribution in [0.15, 0.2) is 0 Å². The number of nitrogens with one attached hydrogen (secondary N) is 2. The predicted molar refractivity (Wildman–Crippen MR) is 92.7 cm³/mol. The summed E-state index contributed by atoms with van der Waals surface area (Å²) in [6.07, 6.45) is 3.57. The van der Waals surface area contributed by atoms with Crippen LogP contribution < -0.4 is 10.6 Å². The summed E-state index contributed by atoms with van der Waals surface area (Å²) in [5, 5.41) is 14.4. The van der Waals surface area contributed by atoms with Gasteiger partial charge in [-0.05, 0) is 25.7 Å². The molecule has 9 heteroatoms. The minimum absolute atomic E-state index is 0.0676. The van der Waals surface area contributed by atoms with Crippen LogP contribution in [0.3, 0.4) is 0 Å². The number of aliphatic carboxylic acids is 1. The Morgan fingerprint density at radius 1 is 0.923 bits per heavy atom. The van der Waals surface area contributed by atoms with Gasteiger partial charge in [-0.25, -0.2) is 0 Å². The van der Waals surface area contributed by atoms with E-state index in [9.17, 15) is 14.4 Å². The van der Waals surface area contributed by atoms with E-state index < -0.39 is 5.97 Å². The number of hydrogen-bond donors (Lipinski definition) is 3. The highest BCUT2D eigenvalue weighted by Crippen LogP contribution is 2.24. The highest BCUT2D eigenvalue weighted by molar-refractivity contribution is 5.76. The molecule has 0 radical (unpaired) electrons. The van der Waals surface area contributed by atoms with E-state index >= 15 is 0 Å². The number of carboxylic acid groups (broad SMARTS) is 1. The van der Waals surface area contributed by atoms with Crippen LogP contribution in [-0.2, 0) is 28.6 Å². The smallest absolute Gasteiger partial charge is 0.306 e. The van der Waals surface area contributed by atoms with E-state index in [-0.39, 0.29) is 24.3 Å². The molecule has 9 nitrogen and oxygen atoms in total. The zero-order valence-electron chi connectivity index (χ0n) is 15.1. The molecular formula is C17H30N2O7. The summed E-state index contributed by atoms with van der Waals surface area (Å²) in [6, 6.07) is 0.0724. The Kier molecular flexibility index (Phi) is 12.4. The maximum Gasteiger partial charge on any atom is 0.306 e. The summed E-state index contributed by atoms with van der Waals surface area (Å²) in [4.78, 5) is 32.7. The van der Waals surface area contributed by atoms with Crippen molar-refractivity contribution in [3.63, 3.8) is 0 Å². The van der Waals surface area contributed by atoms with Crippen molar-refractivity contribution in [2.24, 2.45) is 5.92 Å². The van der Waals surface area contributed by atoms with Gasteiger partial charge in [0.1, 0.15) is 0 Å². The van der Waals surface area contributed by atoms with E-state index in [1.165, 1.54) is 0 Å². The molecule has 0 atom stereocenters. The summed E-state index contributed by atoms with van der Waals surface area (Å²) in [6.45, 7) is 2.99. The molecule has 3 N–H and O–H groups in total. The first-order valence-electron chi connectivity index (χ1n) is 9.06. The van der Waals surface area contributed by atoms with Gasteiger partial charge < -0.3 is 30.0 Å². The number of amides is 2.